The minimum Gasteiger partial charge on any atom is -0.466 e. The quantitative estimate of drug-likeness (QED) is 0.389. The molecule has 0 radical (unpaired) electrons. The lowest BCUT2D eigenvalue weighted by Gasteiger charge is -2.12. The van der Waals surface area contributed by atoms with E-state index in [9.17, 15) is 4.79 Å². The summed E-state index contributed by atoms with van der Waals surface area (Å²) < 4.78 is 6.12. The van der Waals surface area contributed by atoms with Gasteiger partial charge in [-0.15, -0.1) is 0 Å². The number of ether oxygens (including phenoxy) is 1. The Hall–Kier alpha value is 0.200. The van der Waals surface area contributed by atoms with Crippen LogP contribution in [0.15, 0.2) is 0 Å². The fourth-order valence-electron chi connectivity index (χ4n) is 1.47. The Morgan fingerprint density at radius 1 is 1.36 bits per heavy atom. The minimum absolute atomic E-state index is 0.0413. The van der Waals surface area contributed by atoms with Gasteiger partial charge >= 0.3 is 5.97 Å². The molecule has 1 unspecified atom stereocenters. The van der Waals surface area contributed by atoms with Crippen molar-refractivity contribution in [2.24, 2.45) is 5.92 Å². The number of rotatable bonds is 8. The molecule has 0 saturated carbocycles. The topological polar surface area (TPSA) is 26.3 Å². The molecule has 0 amide bonds. The maximum absolute atomic E-state index is 11.1. The zero-order chi connectivity index (χ0) is 10.8. The van der Waals surface area contributed by atoms with E-state index in [0.29, 0.717) is 18.9 Å². The maximum atomic E-state index is 11.1. The predicted molar refractivity (Wildman–Crippen MR) is 67.8 cm³/mol. The molecule has 84 valence electrons. The average molecular weight is 312 g/mol. The lowest BCUT2D eigenvalue weighted by Crippen LogP contribution is -2.07. The first-order valence-corrected chi connectivity index (χ1v) is 6.98. The Bertz CT molecular complexity index is 148. The molecule has 0 spiro atoms. The van der Waals surface area contributed by atoms with Crippen LogP contribution in [0.3, 0.4) is 0 Å². The SMILES string of the molecule is CCOC(=O)CCC(CC)CCCI. The van der Waals surface area contributed by atoms with Gasteiger partial charge in [-0.05, 0) is 36.5 Å². The van der Waals surface area contributed by atoms with Gasteiger partial charge in [0.25, 0.3) is 0 Å². The lowest BCUT2D eigenvalue weighted by atomic mass is 9.95. The lowest BCUT2D eigenvalue weighted by molar-refractivity contribution is -0.143. The van der Waals surface area contributed by atoms with Crippen molar-refractivity contribution in [1.82, 2.24) is 0 Å². The van der Waals surface area contributed by atoms with Crippen LogP contribution in [0, 0.1) is 5.92 Å². The zero-order valence-corrected chi connectivity index (χ0v) is 11.4. The van der Waals surface area contributed by atoms with Crippen molar-refractivity contribution in [3.05, 3.63) is 0 Å². The molecule has 0 aliphatic rings. The maximum Gasteiger partial charge on any atom is 0.305 e. The largest absolute Gasteiger partial charge is 0.466 e. The molecule has 0 fully saturated rings. The Balaban J connectivity index is 3.55. The standard InChI is InChI=1S/C11H21IO2/c1-3-10(6-5-9-12)7-8-11(13)14-4-2/h10H,3-9H2,1-2H3. The van der Waals surface area contributed by atoms with Crippen LogP contribution in [0.4, 0.5) is 0 Å². The van der Waals surface area contributed by atoms with E-state index in [4.69, 9.17) is 4.74 Å². The first kappa shape index (κ1) is 14.2. The Morgan fingerprint density at radius 2 is 2.07 bits per heavy atom. The summed E-state index contributed by atoms with van der Waals surface area (Å²) in [5.41, 5.74) is 0. The van der Waals surface area contributed by atoms with E-state index in [1.807, 2.05) is 6.92 Å². The third-order valence-corrected chi connectivity index (χ3v) is 3.15. The Labute approximate surface area is 101 Å². The second kappa shape index (κ2) is 9.74. The summed E-state index contributed by atoms with van der Waals surface area (Å²) in [7, 11) is 0. The van der Waals surface area contributed by atoms with Crippen molar-refractivity contribution in [2.75, 3.05) is 11.0 Å². The molecule has 0 aromatic heterocycles. The van der Waals surface area contributed by atoms with E-state index in [1.165, 1.54) is 23.7 Å². The summed E-state index contributed by atoms with van der Waals surface area (Å²) in [5.74, 6) is 0.662. The first-order chi connectivity index (χ1) is 6.74. The summed E-state index contributed by atoms with van der Waals surface area (Å²) in [6.07, 6.45) is 5.27. The molecule has 2 nitrogen and oxygen atoms in total. The molecule has 14 heavy (non-hydrogen) atoms. The highest BCUT2D eigenvalue weighted by atomic mass is 127. The third kappa shape index (κ3) is 7.59. The van der Waals surface area contributed by atoms with Gasteiger partial charge in [-0.25, -0.2) is 0 Å². The highest BCUT2D eigenvalue weighted by Crippen LogP contribution is 2.18. The van der Waals surface area contributed by atoms with Gasteiger partial charge in [0.15, 0.2) is 0 Å². The summed E-state index contributed by atoms with van der Waals surface area (Å²) in [4.78, 5) is 11.1. The molecule has 0 bridgehead atoms. The van der Waals surface area contributed by atoms with Crippen LogP contribution in [0.25, 0.3) is 0 Å². The Kier molecular flexibility index (Phi) is 9.88. The van der Waals surface area contributed by atoms with Crippen molar-refractivity contribution < 1.29 is 9.53 Å². The van der Waals surface area contributed by atoms with Gasteiger partial charge in [-0.1, -0.05) is 35.9 Å². The van der Waals surface area contributed by atoms with E-state index in [1.54, 1.807) is 0 Å². The molecule has 0 aliphatic heterocycles. The van der Waals surface area contributed by atoms with Crippen molar-refractivity contribution in [2.45, 2.75) is 46.0 Å². The van der Waals surface area contributed by atoms with Gasteiger partial charge < -0.3 is 4.74 Å². The van der Waals surface area contributed by atoms with Crippen molar-refractivity contribution in [1.29, 1.82) is 0 Å². The van der Waals surface area contributed by atoms with Crippen LogP contribution in [0.5, 0.6) is 0 Å². The number of carbonyl (C=O) groups excluding carboxylic acids is 1. The van der Waals surface area contributed by atoms with Crippen molar-refractivity contribution in [3.8, 4) is 0 Å². The summed E-state index contributed by atoms with van der Waals surface area (Å²) in [6, 6.07) is 0. The highest BCUT2D eigenvalue weighted by molar-refractivity contribution is 14.1. The second-order valence-corrected chi connectivity index (χ2v) is 4.53. The molecule has 0 saturated heterocycles. The Morgan fingerprint density at radius 3 is 2.57 bits per heavy atom. The number of alkyl halides is 1. The molecule has 0 aliphatic carbocycles. The molecule has 3 heteroatoms. The van der Waals surface area contributed by atoms with Crippen molar-refractivity contribution >= 4 is 28.6 Å². The van der Waals surface area contributed by atoms with E-state index in [-0.39, 0.29) is 5.97 Å². The van der Waals surface area contributed by atoms with Gasteiger partial charge in [0.1, 0.15) is 0 Å². The zero-order valence-electron chi connectivity index (χ0n) is 9.22. The molecule has 0 aromatic carbocycles. The highest BCUT2D eigenvalue weighted by Gasteiger charge is 2.09. The van der Waals surface area contributed by atoms with Crippen LogP contribution in [0.2, 0.25) is 0 Å². The fourth-order valence-corrected chi connectivity index (χ4v) is 1.91. The molecular weight excluding hydrogens is 291 g/mol. The monoisotopic (exact) mass is 312 g/mol. The van der Waals surface area contributed by atoms with E-state index < -0.39 is 0 Å². The van der Waals surface area contributed by atoms with E-state index in [2.05, 4.69) is 29.5 Å². The first-order valence-electron chi connectivity index (χ1n) is 5.46. The fraction of sp³-hybridized carbons (Fsp3) is 0.909. The summed E-state index contributed by atoms with van der Waals surface area (Å²) in [5, 5.41) is 0. The number of halogens is 1. The number of hydrogen-bond donors (Lipinski definition) is 0. The molecular formula is C11H21IO2. The normalized spacial score (nSPS) is 12.5. The van der Waals surface area contributed by atoms with Crippen LogP contribution in [-0.4, -0.2) is 17.0 Å². The molecule has 0 rings (SSSR count). The van der Waals surface area contributed by atoms with Gasteiger partial charge in [0.2, 0.25) is 0 Å². The predicted octanol–water partition coefficient (Wildman–Crippen LogP) is 3.57. The number of esters is 1. The number of carbonyl (C=O) groups is 1. The van der Waals surface area contributed by atoms with E-state index >= 15 is 0 Å². The van der Waals surface area contributed by atoms with E-state index in [0.717, 1.165) is 6.42 Å². The smallest absolute Gasteiger partial charge is 0.305 e. The third-order valence-electron chi connectivity index (χ3n) is 2.39. The average Bonchev–Trinajstić information content (AvgIpc) is 2.19. The number of hydrogen-bond acceptors (Lipinski definition) is 2. The van der Waals surface area contributed by atoms with Gasteiger partial charge in [-0.3, -0.25) is 4.79 Å². The van der Waals surface area contributed by atoms with Gasteiger partial charge in [0.05, 0.1) is 6.61 Å². The molecule has 0 aromatic rings. The molecule has 0 heterocycles. The molecule has 0 N–H and O–H groups in total. The summed E-state index contributed by atoms with van der Waals surface area (Å²) in [6.45, 7) is 4.55. The van der Waals surface area contributed by atoms with Crippen LogP contribution < -0.4 is 0 Å². The van der Waals surface area contributed by atoms with Crippen molar-refractivity contribution in [3.63, 3.8) is 0 Å². The summed E-state index contributed by atoms with van der Waals surface area (Å²) >= 11 is 2.40. The van der Waals surface area contributed by atoms with Crippen LogP contribution >= 0.6 is 22.6 Å². The van der Waals surface area contributed by atoms with Crippen LogP contribution in [-0.2, 0) is 9.53 Å². The van der Waals surface area contributed by atoms with Gasteiger partial charge in [0, 0.05) is 6.42 Å². The van der Waals surface area contributed by atoms with Gasteiger partial charge in [-0.2, -0.15) is 0 Å². The second-order valence-electron chi connectivity index (χ2n) is 3.45. The minimum atomic E-state index is -0.0413. The van der Waals surface area contributed by atoms with Crippen LogP contribution in [0.1, 0.15) is 46.0 Å². The molecule has 1 atom stereocenters.